The molecule has 2 aromatic rings. The minimum absolute atomic E-state index is 0.113. The van der Waals surface area contributed by atoms with Crippen LogP contribution in [0.25, 0.3) is 0 Å². The van der Waals surface area contributed by atoms with E-state index in [4.69, 9.17) is 14.6 Å². The zero-order valence-electron chi connectivity index (χ0n) is 14.4. The molecule has 0 aliphatic carbocycles. The van der Waals surface area contributed by atoms with Crippen molar-refractivity contribution in [2.45, 2.75) is 32.2 Å². The van der Waals surface area contributed by atoms with Crippen LogP contribution < -0.4 is 4.74 Å². The first-order valence-corrected chi connectivity index (χ1v) is 8.12. The molecular formula is C19H18F4O4. The number of aliphatic carboxylic acids is 1. The Kier molecular flexibility index (Phi) is 6.79. The van der Waals surface area contributed by atoms with E-state index in [0.717, 1.165) is 12.1 Å². The van der Waals surface area contributed by atoms with Crippen molar-refractivity contribution >= 4 is 5.97 Å². The van der Waals surface area contributed by atoms with Gasteiger partial charge in [0, 0.05) is 6.61 Å². The highest BCUT2D eigenvalue weighted by Gasteiger charge is 2.33. The SMILES string of the molecule is CCO[C@@H](CC(=O)O)c1ccc(OCc2ccc(C(F)(F)F)c(F)c2)cc1. The number of hydrogen-bond acceptors (Lipinski definition) is 3. The molecule has 0 amide bonds. The highest BCUT2D eigenvalue weighted by molar-refractivity contribution is 5.67. The topological polar surface area (TPSA) is 55.8 Å². The Morgan fingerprint density at radius 2 is 1.81 bits per heavy atom. The number of hydrogen-bond donors (Lipinski definition) is 1. The normalized spacial score (nSPS) is 12.6. The van der Waals surface area contributed by atoms with Crippen LogP contribution in [-0.2, 0) is 22.3 Å². The Balaban J connectivity index is 2.02. The van der Waals surface area contributed by atoms with E-state index in [0.29, 0.717) is 24.0 Å². The summed E-state index contributed by atoms with van der Waals surface area (Å²) < 4.78 is 62.1. The van der Waals surface area contributed by atoms with Crippen molar-refractivity contribution < 1.29 is 36.9 Å². The average Bonchev–Trinajstić information content (AvgIpc) is 2.58. The van der Waals surface area contributed by atoms with E-state index in [1.165, 1.54) is 0 Å². The van der Waals surface area contributed by atoms with Gasteiger partial charge in [-0.1, -0.05) is 18.2 Å². The van der Waals surface area contributed by atoms with Crippen molar-refractivity contribution in [3.63, 3.8) is 0 Å². The van der Waals surface area contributed by atoms with Gasteiger partial charge in [0.25, 0.3) is 0 Å². The van der Waals surface area contributed by atoms with Crippen molar-refractivity contribution in [1.82, 2.24) is 0 Å². The monoisotopic (exact) mass is 386 g/mol. The van der Waals surface area contributed by atoms with E-state index in [-0.39, 0.29) is 18.6 Å². The standard InChI is InChI=1S/C19H18F4O4/c1-2-26-17(10-18(24)25)13-4-6-14(7-5-13)27-11-12-3-8-15(16(20)9-12)19(21,22)23/h3-9,17H,2,10-11H2,1H3,(H,24,25)/t17-/m0/s1. The van der Waals surface area contributed by atoms with Crippen LogP contribution in [0.4, 0.5) is 17.6 Å². The molecule has 0 unspecified atom stereocenters. The Morgan fingerprint density at radius 1 is 1.15 bits per heavy atom. The number of halogens is 4. The van der Waals surface area contributed by atoms with E-state index >= 15 is 0 Å². The van der Waals surface area contributed by atoms with Crippen LogP contribution in [0.3, 0.4) is 0 Å². The molecule has 0 heterocycles. The Morgan fingerprint density at radius 3 is 2.33 bits per heavy atom. The quantitative estimate of drug-likeness (QED) is 0.651. The minimum atomic E-state index is -4.74. The maximum Gasteiger partial charge on any atom is 0.419 e. The predicted octanol–water partition coefficient (Wildman–Crippen LogP) is 4.98. The van der Waals surface area contributed by atoms with Gasteiger partial charge < -0.3 is 14.6 Å². The molecule has 0 aromatic heterocycles. The van der Waals surface area contributed by atoms with Crippen LogP contribution >= 0.6 is 0 Å². The fourth-order valence-electron chi connectivity index (χ4n) is 2.46. The van der Waals surface area contributed by atoms with Gasteiger partial charge in [-0.15, -0.1) is 0 Å². The zero-order valence-corrected chi connectivity index (χ0v) is 14.4. The third-order valence-electron chi connectivity index (χ3n) is 3.72. The maximum absolute atomic E-state index is 13.6. The van der Waals surface area contributed by atoms with Crippen LogP contribution in [0, 0.1) is 5.82 Å². The van der Waals surface area contributed by atoms with E-state index in [2.05, 4.69) is 0 Å². The summed E-state index contributed by atoms with van der Waals surface area (Å²) in [6, 6.07) is 9.08. The maximum atomic E-state index is 13.6. The fourth-order valence-corrected chi connectivity index (χ4v) is 2.46. The van der Waals surface area contributed by atoms with Gasteiger partial charge in [0.05, 0.1) is 18.1 Å². The number of carboxylic acid groups (broad SMARTS) is 1. The van der Waals surface area contributed by atoms with Crippen LogP contribution in [-0.4, -0.2) is 17.7 Å². The first kappa shape index (κ1) is 20.7. The lowest BCUT2D eigenvalue weighted by Gasteiger charge is -2.16. The molecule has 146 valence electrons. The van der Waals surface area contributed by atoms with Gasteiger partial charge in [-0.25, -0.2) is 4.39 Å². The van der Waals surface area contributed by atoms with Crippen LogP contribution in [0.5, 0.6) is 5.75 Å². The highest BCUT2D eigenvalue weighted by Crippen LogP contribution is 2.31. The van der Waals surface area contributed by atoms with Gasteiger partial charge in [0.1, 0.15) is 18.2 Å². The van der Waals surface area contributed by atoms with Gasteiger partial charge >= 0.3 is 12.1 Å². The number of carboxylic acids is 1. The van der Waals surface area contributed by atoms with Gasteiger partial charge in [-0.3, -0.25) is 4.79 Å². The number of carbonyl (C=O) groups is 1. The van der Waals surface area contributed by atoms with E-state index < -0.39 is 29.6 Å². The van der Waals surface area contributed by atoms with Crippen molar-refractivity contribution in [3.8, 4) is 5.75 Å². The molecule has 2 rings (SSSR count). The second-order valence-corrected chi connectivity index (χ2v) is 5.71. The summed E-state index contributed by atoms with van der Waals surface area (Å²) >= 11 is 0. The second kappa shape index (κ2) is 8.85. The summed E-state index contributed by atoms with van der Waals surface area (Å²) in [6.45, 7) is 2.00. The van der Waals surface area contributed by atoms with Crippen molar-refractivity contribution in [2.75, 3.05) is 6.61 Å². The molecule has 0 saturated heterocycles. The number of ether oxygens (including phenoxy) is 2. The summed E-state index contributed by atoms with van der Waals surface area (Å²) in [7, 11) is 0. The molecule has 0 aliphatic rings. The number of benzene rings is 2. The first-order valence-electron chi connectivity index (χ1n) is 8.12. The van der Waals surface area contributed by atoms with Crippen molar-refractivity contribution in [2.24, 2.45) is 0 Å². The second-order valence-electron chi connectivity index (χ2n) is 5.71. The molecule has 0 aliphatic heterocycles. The van der Waals surface area contributed by atoms with Gasteiger partial charge in [0.2, 0.25) is 0 Å². The molecule has 0 radical (unpaired) electrons. The molecule has 27 heavy (non-hydrogen) atoms. The molecule has 0 spiro atoms. The Labute approximate surface area is 153 Å². The summed E-state index contributed by atoms with van der Waals surface area (Å²) in [5.41, 5.74) is -0.411. The van der Waals surface area contributed by atoms with Gasteiger partial charge in [0.15, 0.2) is 0 Å². The predicted molar refractivity (Wildman–Crippen MR) is 88.8 cm³/mol. The Hall–Kier alpha value is -2.61. The molecule has 8 heteroatoms. The molecular weight excluding hydrogens is 368 g/mol. The molecule has 1 atom stereocenters. The van der Waals surface area contributed by atoms with E-state index in [1.807, 2.05) is 0 Å². The first-order chi connectivity index (χ1) is 12.7. The summed E-state index contributed by atoms with van der Waals surface area (Å²) in [5, 5.41) is 8.92. The zero-order chi connectivity index (χ0) is 20.0. The van der Waals surface area contributed by atoms with E-state index in [9.17, 15) is 22.4 Å². The molecule has 2 aromatic carbocycles. The number of alkyl halides is 3. The lowest BCUT2D eigenvalue weighted by Crippen LogP contribution is -2.10. The largest absolute Gasteiger partial charge is 0.489 e. The Bertz CT molecular complexity index is 772. The lowest BCUT2D eigenvalue weighted by molar-refractivity contribution is -0.141. The highest BCUT2D eigenvalue weighted by atomic mass is 19.4. The van der Waals surface area contributed by atoms with E-state index in [1.54, 1.807) is 31.2 Å². The van der Waals surface area contributed by atoms with Crippen molar-refractivity contribution in [3.05, 3.63) is 65.0 Å². The lowest BCUT2D eigenvalue weighted by atomic mass is 10.1. The molecule has 0 bridgehead atoms. The van der Waals surface area contributed by atoms with Crippen LogP contribution in [0.1, 0.15) is 36.1 Å². The summed E-state index contributed by atoms with van der Waals surface area (Å²) in [5.74, 6) is -1.94. The molecule has 0 saturated carbocycles. The van der Waals surface area contributed by atoms with Crippen molar-refractivity contribution in [1.29, 1.82) is 0 Å². The molecule has 4 nitrogen and oxygen atoms in total. The third-order valence-corrected chi connectivity index (χ3v) is 3.72. The van der Waals surface area contributed by atoms with Gasteiger partial charge in [-0.05, 0) is 42.3 Å². The number of rotatable bonds is 8. The molecule has 1 N–H and O–H groups in total. The minimum Gasteiger partial charge on any atom is -0.489 e. The fraction of sp³-hybridized carbons (Fsp3) is 0.316. The summed E-state index contributed by atoms with van der Waals surface area (Å²) in [6.07, 6.45) is -5.52. The van der Waals surface area contributed by atoms with Crippen LogP contribution in [0.2, 0.25) is 0 Å². The smallest absolute Gasteiger partial charge is 0.419 e. The summed E-state index contributed by atoms with van der Waals surface area (Å²) in [4.78, 5) is 10.9. The average molecular weight is 386 g/mol. The van der Waals surface area contributed by atoms with Gasteiger partial charge in [-0.2, -0.15) is 13.2 Å². The molecule has 0 fully saturated rings. The van der Waals surface area contributed by atoms with Crippen LogP contribution in [0.15, 0.2) is 42.5 Å². The third kappa shape index (κ3) is 5.96.